The number of para-hydroxylation sites is 1. The van der Waals surface area contributed by atoms with E-state index in [0.717, 1.165) is 11.1 Å². The topological polar surface area (TPSA) is 50.7 Å². The minimum absolute atomic E-state index is 0.426. The Morgan fingerprint density at radius 3 is 1.88 bits per heavy atom. The summed E-state index contributed by atoms with van der Waals surface area (Å²) >= 11 is 6.02. The van der Waals surface area contributed by atoms with E-state index in [1.54, 1.807) is 24.3 Å². The fourth-order valence-corrected chi connectivity index (χ4v) is 2.43. The number of hydrogen-bond acceptors (Lipinski definition) is 3. The molecular formula is C20H15ClN2O2. The number of oxime groups is 1. The van der Waals surface area contributed by atoms with Crippen molar-refractivity contribution in [3.8, 4) is 0 Å². The molecular weight excluding hydrogens is 336 g/mol. The molecule has 0 aliphatic carbocycles. The molecule has 1 amide bonds. The molecule has 0 spiro atoms. The monoisotopic (exact) mass is 350 g/mol. The van der Waals surface area contributed by atoms with Crippen molar-refractivity contribution in [2.75, 3.05) is 5.32 Å². The number of rotatable bonds is 4. The van der Waals surface area contributed by atoms with E-state index in [1.165, 1.54) is 0 Å². The minimum atomic E-state index is -0.711. The highest BCUT2D eigenvalue weighted by Crippen LogP contribution is 2.20. The van der Waals surface area contributed by atoms with Crippen molar-refractivity contribution >= 4 is 29.1 Å². The first-order chi connectivity index (χ1) is 12.2. The van der Waals surface area contributed by atoms with Gasteiger partial charge in [0.15, 0.2) is 0 Å². The molecule has 0 radical (unpaired) electrons. The second-order valence-corrected chi connectivity index (χ2v) is 5.56. The third kappa shape index (κ3) is 4.46. The summed E-state index contributed by atoms with van der Waals surface area (Å²) in [4.78, 5) is 17.1. The molecule has 0 fully saturated rings. The van der Waals surface area contributed by atoms with Gasteiger partial charge in [0.2, 0.25) is 0 Å². The fourth-order valence-electron chi connectivity index (χ4n) is 2.25. The van der Waals surface area contributed by atoms with E-state index in [0.29, 0.717) is 16.4 Å². The summed E-state index contributed by atoms with van der Waals surface area (Å²) in [5.41, 5.74) is 2.72. The molecule has 0 bridgehead atoms. The maximum atomic E-state index is 12.0. The van der Waals surface area contributed by atoms with Crippen molar-refractivity contribution in [3.63, 3.8) is 0 Å². The van der Waals surface area contributed by atoms with Crippen LogP contribution in [0, 0.1) is 0 Å². The quantitative estimate of drug-likeness (QED) is 0.392. The van der Waals surface area contributed by atoms with E-state index in [4.69, 9.17) is 16.4 Å². The Balaban J connectivity index is 1.82. The number of carbonyl (C=O) groups is 1. The number of carbonyl (C=O) groups excluding carboxylic acids is 1. The minimum Gasteiger partial charge on any atom is -0.297 e. The van der Waals surface area contributed by atoms with Crippen LogP contribution in [0.1, 0.15) is 11.1 Å². The number of benzene rings is 3. The lowest BCUT2D eigenvalue weighted by molar-refractivity contribution is 0.166. The lowest BCUT2D eigenvalue weighted by Crippen LogP contribution is -2.13. The van der Waals surface area contributed by atoms with Gasteiger partial charge in [-0.05, 0) is 12.1 Å². The smallest absolute Gasteiger partial charge is 0.297 e. The average Bonchev–Trinajstić information content (AvgIpc) is 2.66. The first-order valence-corrected chi connectivity index (χ1v) is 8.03. The summed E-state index contributed by atoms with van der Waals surface area (Å²) in [7, 11) is 0. The van der Waals surface area contributed by atoms with Crippen molar-refractivity contribution in [2.24, 2.45) is 5.16 Å². The van der Waals surface area contributed by atoms with Crippen molar-refractivity contribution in [3.05, 3.63) is 101 Å². The Hall–Kier alpha value is -3.11. The zero-order valence-corrected chi connectivity index (χ0v) is 14.0. The van der Waals surface area contributed by atoms with Crippen LogP contribution in [0.4, 0.5) is 10.5 Å². The van der Waals surface area contributed by atoms with E-state index in [-0.39, 0.29) is 0 Å². The zero-order chi connectivity index (χ0) is 17.5. The van der Waals surface area contributed by atoms with Gasteiger partial charge in [-0.2, -0.15) is 0 Å². The third-order valence-electron chi connectivity index (χ3n) is 3.42. The maximum absolute atomic E-state index is 12.0. The average molecular weight is 351 g/mol. The number of amides is 1. The fraction of sp³-hybridized carbons (Fsp3) is 0. The van der Waals surface area contributed by atoms with E-state index in [2.05, 4.69) is 10.5 Å². The molecule has 1 N–H and O–H groups in total. The van der Waals surface area contributed by atoms with Gasteiger partial charge < -0.3 is 0 Å². The number of halogens is 1. The van der Waals surface area contributed by atoms with Gasteiger partial charge in [0, 0.05) is 11.1 Å². The van der Waals surface area contributed by atoms with Crippen LogP contribution in [-0.4, -0.2) is 11.8 Å². The molecule has 0 aromatic heterocycles. The van der Waals surface area contributed by atoms with E-state index in [9.17, 15) is 4.79 Å². The molecule has 3 rings (SSSR count). The highest BCUT2D eigenvalue weighted by atomic mass is 35.5. The van der Waals surface area contributed by atoms with Gasteiger partial charge in [-0.15, -0.1) is 0 Å². The molecule has 0 heterocycles. The SMILES string of the molecule is O=C(Nc1ccccc1Cl)ON=C(c1ccccc1)c1ccccc1. The summed E-state index contributed by atoms with van der Waals surface area (Å²) in [6, 6.07) is 26.0. The van der Waals surface area contributed by atoms with Gasteiger partial charge in [-0.3, -0.25) is 10.2 Å². The number of nitrogens with zero attached hydrogens (tertiary/aromatic N) is 1. The number of hydrogen-bond donors (Lipinski definition) is 1. The standard InChI is InChI=1S/C20H15ClN2O2/c21-17-13-7-8-14-18(17)22-20(24)25-23-19(15-9-3-1-4-10-15)16-11-5-2-6-12-16/h1-14H,(H,22,24). The molecule has 5 heteroatoms. The summed E-state index contributed by atoms with van der Waals surface area (Å²) < 4.78 is 0. The first-order valence-electron chi connectivity index (χ1n) is 7.65. The summed E-state index contributed by atoms with van der Waals surface area (Å²) in [5, 5.41) is 7.05. The maximum Gasteiger partial charge on any atom is 0.437 e. The largest absolute Gasteiger partial charge is 0.437 e. The molecule has 3 aromatic carbocycles. The van der Waals surface area contributed by atoms with E-state index >= 15 is 0 Å². The highest BCUT2D eigenvalue weighted by molar-refractivity contribution is 6.33. The molecule has 0 unspecified atom stereocenters. The second-order valence-electron chi connectivity index (χ2n) is 5.16. The Morgan fingerprint density at radius 2 is 1.32 bits per heavy atom. The Labute approximate surface area is 150 Å². The van der Waals surface area contributed by atoms with Gasteiger partial charge in [-0.1, -0.05) is 89.6 Å². The molecule has 25 heavy (non-hydrogen) atoms. The lowest BCUT2D eigenvalue weighted by atomic mass is 10.0. The number of nitrogens with one attached hydrogen (secondary N) is 1. The van der Waals surface area contributed by atoms with Crippen LogP contribution in [-0.2, 0) is 4.84 Å². The molecule has 4 nitrogen and oxygen atoms in total. The summed E-state index contributed by atoms with van der Waals surface area (Å²) in [5.74, 6) is 0. The summed E-state index contributed by atoms with van der Waals surface area (Å²) in [6.07, 6.45) is -0.711. The highest BCUT2D eigenvalue weighted by Gasteiger charge is 2.10. The number of anilines is 1. The molecule has 0 aliphatic heterocycles. The zero-order valence-electron chi connectivity index (χ0n) is 13.2. The molecule has 0 aliphatic rings. The van der Waals surface area contributed by atoms with Gasteiger partial charge in [0.25, 0.3) is 0 Å². The van der Waals surface area contributed by atoms with E-state index in [1.807, 2.05) is 60.7 Å². The molecule has 0 atom stereocenters. The Bertz CT molecular complexity index is 839. The second kappa shape index (κ2) is 8.13. The van der Waals surface area contributed by atoms with Crippen molar-refractivity contribution < 1.29 is 9.63 Å². The van der Waals surface area contributed by atoms with Crippen LogP contribution in [0.3, 0.4) is 0 Å². The summed E-state index contributed by atoms with van der Waals surface area (Å²) in [6.45, 7) is 0. The van der Waals surface area contributed by atoms with Crippen molar-refractivity contribution in [2.45, 2.75) is 0 Å². The van der Waals surface area contributed by atoms with Crippen molar-refractivity contribution in [1.82, 2.24) is 0 Å². The van der Waals surface area contributed by atoms with Gasteiger partial charge >= 0.3 is 6.09 Å². The van der Waals surface area contributed by atoms with Crippen LogP contribution < -0.4 is 5.32 Å². The van der Waals surface area contributed by atoms with Gasteiger partial charge in [0.1, 0.15) is 5.71 Å². The molecule has 0 saturated carbocycles. The van der Waals surface area contributed by atoms with Crippen LogP contribution in [0.25, 0.3) is 0 Å². The van der Waals surface area contributed by atoms with Crippen LogP contribution >= 0.6 is 11.6 Å². The molecule has 3 aromatic rings. The normalized spacial score (nSPS) is 9.96. The Morgan fingerprint density at radius 1 is 0.800 bits per heavy atom. The first kappa shape index (κ1) is 16.7. The third-order valence-corrected chi connectivity index (χ3v) is 3.75. The van der Waals surface area contributed by atoms with Crippen molar-refractivity contribution in [1.29, 1.82) is 0 Å². The van der Waals surface area contributed by atoms with Gasteiger partial charge in [-0.25, -0.2) is 4.79 Å². The van der Waals surface area contributed by atoms with Crippen LogP contribution in [0.15, 0.2) is 90.1 Å². The lowest BCUT2D eigenvalue weighted by Gasteiger charge is -2.08. The van der Waals surface area contributed by atoms with E-state index < -0.39 is 6.09 Å². The Kier molecular flexibility index (Phi) is 5.44. The predicted molar refractivity (Wildman–Crippen MR) is 100 cm³/mol. The van der Waals surface area contributed by atoms with Crippen LogP contribution in [0.5, 0.6) is 0 Å². The van der Waals surface area contributed by atoms with Crippen LogP contribution in [0.2, 0.25) is 5.02 Å². The predicted octanol–water partition coefficient (Wildman–Crippen LogP) is 5.34. The molecule has 0 saturated heterocycles. The molecule has 124 valence electrons. The van der Waals surface area contributed by atoms with Gasteiger partial charge in [0.05, 0.1) is 10.7 Å².